The second-order valence-corrected chi connectivity index (χ2v) is 5.74. The van der Waals surface area contributed by atoms with Crippen molar-refractivity contribution < 1.29 is 4.79 Å². The van der Waals surface area contributed by atoms with E-state index >= 15 is 0 Å². The summed E-state index contributed by atoms with van der Waals surface area (Å²) in [6, 6.07) is 7.79. The van der Waals surface area contributed by atoms with Crippen molar-refractivity contribution in [3.05, 3.63) is 53.1 Å². The van der Waals surface area contributed by atoms with Gasteiger partial charge >= 0.3 is 0 Å². The number of amides is 1. The molecule has 1 aliphatic rings. The van der Waals surface area contributed by atoms with E-state index < -0.39 is 0 Å². The number of nitrogens with zero attached hydrogens (tertiary/aromatic N) is 4. The fourth-order valence-electron chi connectivity index (χ4n) is 2.51. The summed E-state index contributed by atoms with van der Waals surface area (Å²) < 4.78 is 0. The Morgan fingerprint density at radius 3 is 2.55 bits per heavy atom. The van der Waals surface area contributed by atoms with Gasteiger partial charge in [-0.15, -0.1) is 0 Å². The van der Waals surface area contributed by atoms with Crippen LogP contribution in [0.3, 0.4) is 0 Å². The van der Waals surface area contributed by atoms with Gasteiger partial charge in [-0.05, 0) is 25.1 Å². The van der Waals surface area contributed by atoms with E-state index in [0.29, 0.717) is 18.8 Å². The number of hydrogen-bond donors (Lipinski definition) is 0. The van der Waals surface area contributed by atoms with Gasteiger partial charge in [-0.25, -0.2) is 4.98 Å². The molecule has 22 heavy (non-hydrogen) atoms. The van der Waals surface area contributed by atoms with Crippen molar-refractivity contribution in [3.63, 3.8) is 0 Å². The van der Waals surface area contributed by atoms with Crippen molar-refractivity contribution in [1.29, 1.82) is 0 Å². The number of benzene rings is 1. The van der Waals surface area contributed by atoms with Crippen LogP contribution in [0.5, 0.6) is 0 Å². The highest BCUT2D eigenvalue weighted by atomic mass is 35.5. The molecule has 1 aromatic heterocycles. The van der Waals surface area contributed by atoms with Gasteiger partial charge in [0.1, 0.15) is 5.69 Å². The van der Waals surface area contributed by atoms with Crippen molar-refractivity contribution in [3.8, 4) is 0 Å². The van der Waals surface area contributed by atoms with Gasteiger partial charge in [-0.2, -0.15) is 0 Å². The maximum Gasteiger partial charge on any atom is 0.274 e. The molecule has 0 radical (unpaired) electrons. The average molecular weight is 317 g/mol. The van der Waals surface area contributed by atoms with Gasteiger partial charge < -0.3 is 9.80 Å². The number of anilines is 1. The van der Waals surface area contributed by atoms with Crippen LogP contribution in [0.15, 0.2) is 36.7 Å². The largest absolute Gasteiger partial charge is 0.368 e. The van der Waals surface area contributed by atoms with Crippen LogP contribution in [-0.4, -0.2) is 47.0 Å². The molecule has 0 aliphatic carbocycles. The van der Waals surface area contributed by atoms with Crippen LogP contribution >= 0.6 is 11.6 Å². The van der Waals surface area contributed by atoms with E-state index in [0.717, 1.165) is 29.5 Å². The summed E-state index contributed by atoms with van der Waals surface area (Å²) in [5.41, 5.74) is 2.30. The minimum atomic E-state index is -0.0572. The number of piperazine rings is 1. The molecule has 0 unspecified atom stereocenters. The van der Waals surface area contributed by atoms with Crippen LogP contribution in [-0.2, 0) is 0 Å². The number of rotatable bonds is 2. The Kier molecular flexibility index (Phi) is 4.24. The lowest BCUT2D eigenvalue weighted by atomic mass is 10.2. The van der Waals surface area contributed by atoms with Crippen LogP contribution in [0.1, 0.15) is 16.2 Å². The van der Waals surface area contributed by atoms with Crippen LogP contribution < -0.4 is 4.90 Å². The Labute approximate surface area is 134 Å². The zero-order chi connectivity index (χ0) is 15.5. The SMILES string of the molecule is Cc1cnc(C(=O)N2CCN(c3cccc(Cl)c3)CC2)cn1. The molecule has 114 valence electrons. The molecule has 0 saturated carbocycles. The van der Waals surface area contributed by atoms with E-state index in [1.54, 1.807) is 12.4 Å². The first-order valence-corrected chi connectivity index (χ1v) is 7.60. The van der Waals surface area contributed by atoms with Gasteiger partial charge in [0.15, 0.2) is 0 Å². The summed E-state index contributed by atoms with van der Waals surface area (Å²) in [6.45, 7) is 4.75. The zero-order valence-corrected chi connectivity index (χ0v) is 13.1. The third-order valence-electron chi connectivity index (χ3n) is 3.74. The van der Waals surface area contributed by atoms with E-state index in [1.165, 1.54) is 0 Å². The molecule has 5 nitrogen and oxygen atoms in total. The highest BCUT2D eigenvalue weighted by Gasteiger charge is 2.23. The van der Waals surface area contributed by atoms with Gasteiger partial charge in [-0.1, -0.05) is 17.7 Å². The first-order valence-electron chi connectivity index (χ1n) is 7.22. The minimum absolute atomic E-state index is 0.0572. The zero-order valence-electron chi connectivity index (χ0n) is 12.4. The number of halogens is 1. The van der Waals surface area contributed by atoms with Crippen LogP contribution in [0.4, 0.5) is 5.69 Å². The Hall–Kier alpha value is -2.14. The lowest BCUT2D eigenvalue weighted by Gasteiger charge is -2.36. The monoisotopic (exact) mass is 316 g/mol. The lowest BCUT2D eigenvalue weighted by Crippen LogP contribution is -2.49. The third-order valence-corrected chi connectivity index (χ3v) is 3.98. The van der Waals surface area contributed by atoms with Gasteiger partial charge in [0.25, 0.3) is 5.91 Å². The molecule has 2 aromatic rings. The lowest BCUT2D eigenvalue weighted by molar-refractivity contribution is 0.0740. The third kappa shape index (κ3) is 3.20. The normalized spacial score (nSPS) is 15.0. The summed E-state index contributed by atoms with van der Waals surface area (Å²) in [6.07, 6.45) is 3.16. The minimum Gasteiger partial charge on any atom is -0.368 e. The number of carbonyl (C=O) groups is 1. The molecule has 1 saturated heterocycles. The maximum atomic E-state index is 12.4. The number of aromatic nitrogens is 2. The van der Waals surface area contributed by atoms with Gasteiger partial charge in [0.2, 0.25) is 0 Å². The van der Waals surface area contributed by atoms with E-state index in [4.69, 9.17) is 11.6 Å². The van der Waals surface area contributed by atoms with Crippen LogP contribution in [0.25, 0.3) is 0 Å². The second-order valence-electron chi connectivity index (χ2n) is 5.30. The molecular formula is C16H17ClN4O. The predicted molar refractivity (Wildman–Crippen MR) is 86.3 cm³/mol. The van der Waals surface area contributed by atoms with Crippen molar-refractivity contribution in [1.82, 2.24) is 14.9 Å². The molecule has 3 rings (SSSR count). The Morgan fingerprint density at radius 2 is 1.91 bits per heavy atom. The quantitative estimate of drug-likeness (QED) is 0.853. The fraction of sp³-hybridized carbons (Fsp3) is 0.312. The van der Waals surface area contributed by atoms with Crippen LogP contribution in [0, 0.1) is 6.92 Å². The number of carbonyl (C=O) groups excluding carboxylic acids is 1. The first-order chi connectivity index (χ1) is 10.6. The summed E-state index contributed by atoms with van der Waals surface area (Å²) in [5.74, 6) is -0.0572. The van der Waals surface area contributed by atoms with E-state index in [2.05, 4.69) is 14.9 Å². The van der Waals surface area contributed by atoms with Crippen LogP contribution in [0.2, 0.25) is 5.02 Å². The van der Waals surface area contributed by atoms with Gasteiger partial charge in [-0.3, -0.25) is 9.78 Å². The van der Waals surface area contributed by atoms with Crippen molar-refractivity contribution >= 4 is 23.2 Å². The Bertz CT molecular complexity index is 666. The highest BCUT2D eigenvalue weighted by molar-refractivity contribution is 6.30. The van der Waals surface area contributed by atoms with Gasteiger partial charge in [0, 0.05) is 43.1 Å². The second kappa shape index (κ2) is 6.32. The average Bonchev–Trinajstić information content (AvgIpc) is 2.55. The smallest absolute Gasteiger partial charge is 0.274 e. The topological polar surface area (TPSA) is 49.3 Å². The maximum absolute atomic E-state index is 12.4. The van der Waals surface area contributed by atoms with E-state index in [9.17, 15) is 4.79 Å². The van der Waals surface area contributed by atoms with Crippen molar-refractivity contribution in [2.75, 3.05) is 31.1 Å². The Morgan fingerprint density at radius 1 is 1.14 bits per heavy atom. The Balaban J connectivity index is 1.64. The predicted octanol–water partition coefficient (Wildman–Crippen LogP) is 2.40. The summed E-state index contributed by atoms with van der Waals surface area (Å²) in [5, 5.41) is 0.728. The fourth-order valence-corrected chi connectivity index (χ4v) is 2.69. The van der Waals surface area contributed by atoms with Crippen molar-refractivity contribution in [2.45, 2.75) is 6.92 Å². The van der Waals surface area contributed by atoms with Crippen molar-refractivity contribution in [2.24, 2.45) is 0 Å². The summed E-state index contributed by atoms with van der Waals surface area (Å²) in [4.78, 5) is 24.7. The molecule has 0 N–H and O–H groups in total. The molecule has 1 amide bonds. The molecule has 0 spiro atoms. The molecule has 6 heteroatoms. The first kappa shape index (κ1) is 14.8. The molecule has 0 bridgehead atoms. The number of hydrogen-bond acceptors (Lipinski definition) is 4. The molecule has 2 heterocycles. The molecule has 1 aromatic carbocycles. The number of aryl methyl sites for hydroxylation is 1. The molecule has 1 fully saturated rings. The standard InChI is InChI=1S/C16H17ClN4O/c1-12-10-19-15(11-18-12)16(22)21-7-5-20(6-8-21)14-4-2-3-13(17)9-14/h2-4,9-11H,5-8H2,1H3. The summed E-state index contributed by atoms with van der Waals surface area (Å²) in [7, 11) is 0. The summed E-state index contributed by atoms with van der Waals surface area (Å²) >= 11 is 6.03. The highest BCUT2D eigenvalue weighted by Crippen LogP contribution is 2.21. The van der Waals surface area contributed by atoms with Gasteiger partial charge in [0.05, 0.1) is 11.9 Å². The molecule has 0 atom stereocenters. The molecular weight excluding hydrogens is 300 g/mol. The van der Waals surface area contributed by atoms with E-state index in [1.807, 2.05) is 36.1 Å². The van der Waals surface area contributed by atoms with E-state index in [-0.39, 0.29) is 5.91 Å². The molecule has 1 aliphatic heterocycles.